The maximum atomic E-state index is 11.7. The SMILES string of the molecule is Cc1cc(Br)ccc1C(=O)NCCN=[N+]=[N-]. The zero-order valence-electron chi connectivity index (χ0n) is 8.77. The second-order valence-corrected chi connectivity index (χ2v) is 4.09. The van der Waals surface area contributed by atoms with Crippen molar-refractivity contribution in [2.24, 2.45) is 5.11 Å². The lowest BCUT2D eigenvalue weighted by molar-refractivity contribution is 0.0954. The third kappa shape index (κ3) is 3.56. The molecule has 0 radical (unpaired) electrons. The van der Waals surface area contributed by atoms with Gasteiger partial charge in [0.15, 0.2) is 0 Å². The van der Waals surface area contributed by atoms with Gasteiger partial charge >= 0.3 is 0 Å². The molecule has 0 atom stereocenters. The first-order chi connectivity index (χ1) is 7.65. The van der Waals surface area contributed by atoms with Crippen LogP contribution in [-0.2, 0) is 0 Å². The Bertz CT molecular complexity index is 440. The second-order valence-electron chi connectivity index (χ2n) is 3.17. The fraction of sp³-hybridized carbons (Fsp3) is 0.300. The van der Waals surface area contributed by atoms with Crippen molar-refractivity contribution < 1.29 is 4.79 Å². The number of nitrogens with zero attached hydrogens (tertiary/aromatic N) is 3. The van der Waals surface area contributed by atoms with Crippen LogP contribution in [0, 0.1) is 6.92 Å². The molecular formula is C10H11BrN4O. The molecule has 1 N–H and O–H groups in total. The summed E-state index contributed by atoms with van der Waals surface area (Å²) in [6, 6.07) is 5.44. The van der Waals surface area contributed by atoms with E-state index >= 15 is 0 Å². The topological polar surface area (TPSA) is 77.9 Å². The third-order valence-electron chi connectivity index (χ3n) is 1.99. The summed E-state index contributed by atoms with van der Waals surface area (Å²) in [5.74, 6) is -0.155. The number of halogens is 1. The number of benzene rings is 1. The van der Waals surface area contributed by atoms with Crippen LogP contribution in [0.5, 0.6) is 0 Å². The number of carbonyl (C=O) groups is 1. The van der Waals surface area contributed by atoms with Crippen LogP contribution in [0.1, 0.15) is 15.9 Å². The van der Waals surface area contributed by atoms with Gasteiger partial charge < -0.3 is 5.32 Å². The molecule has 1 amide bonds. The van der Waals surface area contributed by atoms with Crippen molar-refractivity contribution in [2.45, 2.75) is 6.92 Å². The number of azide groups is 1. The molecule has 0 fully saturated rings. The third-order valence-corrected chi connectivity index (χ3v) is 2.49. The molecule has 1 rings (SSSR count). The molecule has 0 aliphatic carbocycles. The van der Waals surface area contributed by atoms with E-state index in [1.165, 1.54) is 0 Å². The van der Waals surface area contributed by atoms with Gasteiger partial charge in [-0.15, -0.1) is 0 Å². The summed E-state index contributed by atoms with van der Waals surface area (Å²) >= 11 is 3.33. The van der Waals surface area contributed by atoms with E-state index in [9.17, 15) is 4.79 Å². The molecule has 0 unspecified atom stereocenters. The predicted octanol–water partition coefficient (Wildman–Crippen LogP) is 2.80. The van der Waals surface area contributed by atoms with E-state index in [2.05, 4.69) is 31.3 Å². The first-order valence-corrected chi connectivity index (χ1v) is 5.49. The summed E-state index contributed by atoms with van der Waals surface area (Å²) < 4.78 is 0.940. The van der Waals surface area contributed by atoms with Gasteiger partial charge in [0.25, 0.3) is 5.91 Å². The molecule has 0 aromatic heterocycles. The van der Waals surface area contributed by atoms with Crippen LogP contribution in [-0.4, -0.2) is 19.0 Å². The van der Waals surface area contributed by atoms with Crippen molar-refractivity contribution in [1.29, 1.82) is 0 Å². The standard InChI is InChI=1S/C10H11BrN4O/c1-7-6-8(11)2-3-9(7)10(16)13-4-5-14-15-12/h2-3,6H,4-5H2,1H3,(H,13,16). The smallest absolute Gasteiger partial charge is 0.251 e. The highest BCUT2D eigenvalue weighted by Gasteiger charge is 2.07. The van der Waals surface area contributed by atoms with E-state index in [-0.39, 0.29) is 12.5 Å². The first-order valence-electron chi connectivity index (χ1n) is 4.70. The van der Waals surface area contributed by atoms with Gasteiger partial charge in [-0.2, -0.15) is 0 Å². The Morgan fingerprint density at radius 3 is 3.00 bits per heavy atom. The molecule has 6 heteroatoms. The number of amides is 1. The van der Waals surface area contributed by atoms with Gasteiger partial charge in [-0.3, -0.25) is 4.79 Å². The molecular weight excluding hydrogens is 272 g/mol. The number of carbonyl (C=O) groups excluding carboxylic acids is 1. The molecule has 0 saturated carbocycles. The minimum atomic E-state index is -0.155. The highest BCUT2D eigenvalue weighted by molar-refractivity contribution is 9.10. The normalized spacial score (nSPS) is 9.38. The summed E-state index contributed by atoms with van der Waals surface area (Å²) in [6.07, 6.45) is 0. The maximum Gasteiger partial charge on any atom is 0.251 e. The fourth-order valence-electron chi connectivity index (χ4n) is 1.24. The van der Waals surface area contributed by atoms with Crippen molar-refractivity contribution >= 4 is 21.8 Å². The van der Waals surface area contributed by atoms with Gasteiger partial charge in [0.2, 0.25) is 0 Å². The molecule has 0 bridgehead atoms. The summed E-state index contributed by atoms with van der Waals surface area (Å²) in [7, 11) is 0. The number of hydrogen-bond acceptors (Lipinski definition) is 2. The van der Waals surface area contributed by atoms with E-state index in [4.69, 9.17) is 5.53 Å². The Kier molecular flexibility index (Phi) is 4.82. The molecule has 84 valence electrons. The highest BCUT2D eigenvalue weighted by atomic mass is 79.9. The lowest BCUT2D eigenvalue weighted by Gasteiger charge is -2.06. The molecule has 5 nitrogen and oxygen atoms in total. The van der Waals surface area contributed by atoms with Gasteiger partial charge in [-0.25, -0.2) is 0 Å². The largest absolute Gasteiger partial charge is 0.352 e. The second kappa shape index (κ2) is 6.15. The van der Waals surface area contributed by atoms with Gasteiger partial charge in [-0.1, -0.05) is 21.0 Å². The summed E-state index contributed by atoms with van der Waals surface area (Å²) in [5, 5.41) is 6.01. The molecule has 0 aliphatic rings. The molecule has 0 aliphatic heterocycles. The van der Waals surface area contributed by atoms with Gasteiger partial charge in [0.1, 0.15) is 0 Å². The molecule has 1 aromatic carbocycles. The monoisotopic (exact) mass is 282 g/mol. The van der Waals surface area contributed by atoms with Crippen LogP contribution in [0.3, 0.4) is 0 Å². The zero-order chi connectivity index (χ0) is 12.0. The first kappa shape index (κ1) is 12.5. The Labute approximate surface area is 102 Å². The number of nitrogens with one attached hydrogen (secondary N) is 1. The Morgan fingerprint density at radius 2 is 2.38 bits per heavy atom. The summed E-state index contributed by atoms with van der Waals surface area (Å²) in [4.78, 5) is 14.3. The quantitative estimate of drug-likeness (QED) is 0.392. The Hall–Kier alpha value is -1.52. The van der Waals surface area contributed by atoms with E-state index in [0.29, 0.717) is 12.1 Å². The Balaban J connectivity index is 2.62. The van der Waals surface area contributed by atoms with Crippen molar-refractivity contribution in [1.82, 2.24) is 5.32 Å². The Morgan fingerprint density at radius 1 is 1.62 bits per heavy atom. The van der Waals surface area contributed by atoms with Crippen molar-refractivity contribution in [3.05, 3.63) is 44.2 Å². The average Bonchev–Trinajstić information content (AvgIpc) is 2.24. The number of rotatable bonds is 4. The van der Waals surface area contributed by atoms with Crippen LogP contribution >= 0.6 is 15.9 Å². The van der Waals surface area contributed by atoms with E-state index in [1.54, 1.807) is 6.07 Å². The minimum absolute atomic E-state index is 0.155. The number of aryl methyl sites for hydroxylation is 1. The molecule has 0 spiro atoms. The highest BCUT2D eigenvalue weighted by Crippen LogP contribution is 2.15. The van der Waals surface area contributed by atoms with E-state index < -0.39 is 0 Å². The lowest BCUT2D eigenvalue weighted by atomic mass is 10.1. The molecule has 0 saturated heterocycles. The van der Waals surface area contributed by atoms with Crippen LogP contribution in [0.4, 0.5) is 0 Å². The van der Waals surface area contributed by atoms with Crippen LogP contribution in [0.25, 0.3) is 10.4 Å². The van der Waals surface area contributed by atoms with Crippen molar-refractivity contribution in [2.75, 3.05) is 13.1 Å². The van der Waals surface area contributed by atoms with Gasteiger partial charge in [0, 0.05) is 28.0 Å². The van der Waals surface area contributed by atoms with Gasteiger partial charge in [0.05, 0.1) is 0 Å². The van der Waals surface area contributed by atoms with Crippen molar-refractivity contribution in [3.63, 3.8) is 0 Å². The number of hydrogen-bond donors (Lipinski definition) is 1. The lowest BCUT2D eigenvalue weighted by Crippen LogP contribution is -2.26. The van der Waals surface area contributed by atoms with E-state index in [0.717, 1.165) is 10.0 Å². The average molecular weight is 283 g/mol. The van der Waals surface area contributed by atoms with E-state index in [1.807, 2.05) is 19.1 Å². The van der Waals surface area contributed by atoms with Crippen molar-refractivity contribution in [3.8, 4) is 0 Å². The van der Waals surface area contributed by atoms with Gasteiger partial charge in [-0.05, 0) is 36.2 Å². The zero-order valence-corrected chi connectivity index (χ0v) is 10.4. The summed E-state index contributed by atoms with van der Waals surface area (Å²) in [5.41, 5.74) is 9.59. The fourth-order valence-corrected chi connectivity index (χ4v) is 1.72. The minimum Gasteiger partial charge on any atom is -0.352 e. The molecule has 0 heterocycles. The molecule has 1 aromatic rings. The predicted molar refractivity (Wildman–Crippen MR) is 65.2 cm³/mol. The van der Waals surface area contributed by atoms with Crippen LogP contribution in [0.2, 0.25) is 0 Å². The summed E-state index contributed by atoms with van der Waals surface area (Å²) in [6.45, 7) is 2.48. The molecule has 16 heavy (non-hydrogen) atoms. The van der Waals surface area contributed by atoms with Crippen LogP contribution in [0.15, 0.2) is 27.8 Å². The van der Waals surface area contributed by atoms with Crippen LogP contribution < -0.4 is 5.32 Å². The maximum absolute atomic E-state index is 11.7.